The maximum absolute atomic E-state index is 12.6. The SMILES string of the molecule is CC(=O)c1ccccc1NC(=O)[C@@H](C)Sc1nnnn1-c1cc(C)cc(C)c1. The largest absolute Gasteiger partial charge is 0.324 e. The number of nitrogens with zero attached hydrogens (tertiary/aromatic N) is 4. The Morgan fingerprint density at radius 2 is 1.79 bits per heavy atom. The number of hydrogen-bond donors (Lipinski definition) is 1. The lowest BCUT2D eigenvalue weighted by Crippen LogP contribution is -2.24. The molecule has 1 N–H and O–H groups in total. The maximum atomic E-state index is 12.6. The van der Waals surface area contributed by atoms with E-state index in [1.54, 1.807) is 35.9 Å². The van der Waals surface area contributed by atoms with E-state index in [-0.39, 0.29) is 11.7 Å². The van der Waals surface area contributed by atoms with Crippen LogP contribution in [-0.4, -0.2) is 37.1 Å². The number of nitrogens with one attached hydrogen (secondary N) is 1. The number of aryl methyl sites for hydroxylation is 2. The fourth-order valence-corrected chi connectivity index (χ4v) is 3.64. The minimum atomic E-state index is -0.462. The normalized spacial score (nSPS) is 11.9. The second kappa shape index (κ2) is 8.35. The van der Waals surface area contributed by atoms with Crippen LogP contribution < -0.4 is 5.32 Å². The summed E-state index contributed by atoms with van der Waals surface area (Å²) in [7, 11) is 0. The summed E-state index contributed by atoms with van der Waals surface area (Å²) >= 11 is 1.25. The van der Waals surface area contributed by atoms with Gasteiger partial charge in [-0.15, -0.1) is 5.10 Å². The van der Waals surface area contributed by atoms with Gasteiger partial charge in [-0.2, -0.15) is 4.68 Å². The number of amides is 1. The van der Waals surface area contributed by atoms with Crippen LogP contribution in [-0.2, 0) is 4.79 Å². The summed E-state index contributed by atoms with van der Waals surface area (Å²) in [5, 5.41) is 14.8. The molecule has 1 amide bonds. The van der Waals surface area contributed by atoms with Gasteiger partial charge < -0.3 is 5.32 Å². The first-order valence-corrected chi connectivity index (χ1v) is 9.67. The molecule has 0 bridgehead atoms. The Morgan fingerprint density at radius 1 is 1.11 bits per heavy atom. The van der Waals surface area contributed by atoms with E-state index in [4.69, 9.17) is 0 Å². The molecule has 0 fully saturated rings. The van der Waals surface area contributed by atoms with Gasteiger partial charge in [0.2, 0.25) is 11.1 Å². The first kappa shape index (κ1) is 19.8. The molecule has 0 aliphatic carbocycles. The van der Waals surface area contributed by atoms with E-state index in [9.17, 15) is 9.59 Å². The lowest BCUT2D eigenvalue weighted by atomic mass is 10.1. The number of aromatic nitrogens is 4. The number of carbonyl (C=O) groups is 2. The zero-order valence-corrected chi connectivity index (χ0v) is 16.9. The van der Waals surface area contributed by atoms with E-state index in [0.717, 1.165) is 16.8 Å². The van der Waals surface area contributed by atoms with Crippen molar-refractivity contribution in [2.45, 2.75) is 38.1 Å². The number of carbonyl (C=O) groups excluding carboxylic acids is 2. The number of rotatable bonds is 6. The quantitative estimate of drug-likeness (QED) is 0.507. The van der Waals surface area contributed by atoms with Gasteiger partial charge in [0.1, 0.15) is 0 Å². The van der Waals surface area contributed by atoms with E-state index in [1.807, 2.05) is 26.0 Å². The summed E-state index contributed by atoms with van der Waals surface area (Å²) < 4.78 is 1.62. The van der Waals surface area contributed by atoms with Gasteiger partial charge in [-0.25, -0.2) is 0 Å². The summed E-state index contributed by atoms with van der Waals surface area (Å²) in [6.45, 7) is 7.27. The molecule has 7 nitrogen and oxygen atoms in total. The zero-order chi connectivity index (χ0) is 20.3. The lowest BCUT2D eigenvalue weighted by molar-refractivity contribution is -0.115. The van der Waals surface area contributed by atoms with Crippen LogP contribution in [0.2, 0.25) is 0 Å². The Bertz CT molecular complexity index is 1010. The van der Waals surface area contributed by atoms with E-state index in [2.05, 4.69) is 26.9 Å². The van der Waals surface area contributed by atoms with Crippen molar-refractivity contribution >= 4 is 29.1 Å². The Labute approximate surface area is 167 Å². The summed E-state index contributed by atoms with van der Waals surface area (Å²) in [5.74, 6) is -0.330. The summed E-state index contributed by atoms with van der Waals surface area (Å²) in [6.07, 6.45) is 0. The van der Waals surface area contributed by atoms with E-state index in [1.165, 1.54) is 18.7 Å². The Kier molecular flexibility index (Phi) is 5.89. The van der Waals surface area contributed by atoms with Crippen LogP contribution in [0.1, 0.15) is 35.3 Å². The third-order valence-corrected chi connectivity index (χ3v) is 5.14. The molecule has 0 unspecified atom stereocenters. The summed E-state index contributed by atoms with van der Waals surface area (Å²) in [4.78, 5) is 24.4. The molecule has 0 spiro atoms. The molecule has 0 saturated heterocycles. The van der Waals surface area contributed by atoms with Gasteiger partial charge in [0.15, 0.2) is 5.78 Å². The molecular formula is C20H21N5O2S. The van der Waals surface area contributed by atoms with Crippen molar-refractivity contribution in [1.82, 2.24) is 20.2 Å². The first-order chi connectivity index (χ1) is 13.3. The molecule has 0 aliphatic heterocycles. The zero-order valence-electron chi connectivity index (χ0n) is 16.1. The number of anilines is 1. The molecule has 0 radical (unpaired) electrons. The third-order valence-electron chi connectivity index (χ3n) is 4.11. The first-order valence-electron chi connectivity index (χ1n) is 8.79. The van der Waals surface area contributed by atoms with Crippen molar-refractivity contribution < 1.29 is 9.59 Å². The predicted molar refractivity (Wildman–Crippen MR) is 109 cm³/mol. The predicted octanol–water partition coefficient (Wildman–Crippen LogP) is 3.60. The van der Waals surface area contributed by atoms with Crippen molar-refractivity contribution in [3.63, 3.8) is 0 Å². The fraction of sp³-hybridized carbons (Fsp3) is 0.250. The van der Waals surface area contributed by atoms with Crippen LogP contribution in [0.3, 0.4) is 0 Å². The second-order valence-electron chi connectivity index (χ2n) is 6.57. The molecule has 3 rings (SSSR count). The average molecular weight is 395 g/mol. The van der Waals surface area contributed by atoms with Crippen LogP contribution in [0.5, 0.6) is 0 Å². The smallest absolute Gasteiger partial charge is 0.237 e. The van der Waals surface area contributed by atoms with Crippen molar-refractivity contribution in [3.8, 4) is 5.69 Å². The molecule has 144 valence electrons. The van der Waals surface area contributed by atoms with Crippen molar-refractivity contribution in [3.05, 3.63) is 59.2 Å². The van der Waals surface area contributed by atoms with Crippen LogP contribution in [0.4, 0.5) is 5.69 Å². The highest BCUT2D eigenvalue weighted by Crippen LogP contribution is 2.25. The number of tetrazole rings is 1. The molecule has 28 heavy (non-hydrogen) atoms. The van der Waals surface area contributed by atoms with Crippen molar-refractivity contribution in [1.29, 1.82) is 0 Å². The molecule has 8 heteroatoms. The van der Waals surface area contributed by atoms with E-state index in [0.29, 0.717) is 16.4 Å². The van der Waals surface area contributed by atoms with Crippen LogP contribution in [0.25, 0.3) is 5.69 Å². The van der Waals surface area contributed by atoms with Gasteiger partial charge in [-0.1, -0.05) is 30.0 Å². The minimum Gasteiger partial charge on any atom is -0.324 e. The fourth-order valence-electron chi connectivity index (χ4n) is 2.83. The van der Waals surface area contributed by atoms with Crippen molar-refractivity contribution in [2.75, 3.05) is 5.32 Å². The number of ketones is 1. The number of Topliss-reactive ketones (excluding diaryl/α,β-unsaturated/α-hetero) is 1. The molecule has 0 saturated carbocycles. The van der Waals surface area contributed by atoms with Gasteiger partial charge in [0, 0.05) is 5.56 Å². The molecule has 1 atom stereocenters. The van der Waals surface area contributed by atoms with Gasteiger partial charge in [0.05, 0.1) is 16.6 Å². The molecule has 3 aromatic rings. The molecule has 1 heterocycles. The van der Waals surface area contributed by atoms with Crippen LogP contribution >= 0.6 is 11.8 Å². The highest BCUT2D eigenvalue weighted by atomic mass is 32.2. The van der Waals surface area contributed by atoms with Crippen LogP contribution in [0, 0.1) is 13.8 Å². The van der Waals surface area contributed by atoms with E-state index < -0.39 is 5.25 Å². The molecule has 0 aliphatic rings. The highest BCUT2D eigenvalue weighted by molar-refractivity contribution is 8.00. The average Bonchev–Trinajstić information content (AvgIpc) is 3.09. The van der Waals surface area contributed by atoms with Crippen molar-refractivity contribution in [2.24, 2.45) is 0 Å². The Hall–Kier alpha value is -3.00. The summed E-state index contributed by atoms with van der Waals surface area (Å²) in [6, 6.07) is 13.0. The van der Waals surface area contributed by atoms with Gasteiger partial charge in [-0.3, -0.25) is 9.59 Å². The van der Waals surface area contributed by atoms with Gasteiger partial charge >= 0.3 is 0 Å². The van der Waals surface area contributed by atoms with Gasteiger partial charge in [-0.05, 0) is 73.5 Å². The lowest BCUT2D eigenvalue weighted by Gasteiger charge is -2.13. The topological polar surface area (TPSA) is 89.8 Å². The number of hydrogen-bond acceptors (Lipinski definition) is 6. The Balaban J connectivity index is 1.77. The molecule has 2 aromatic carbocycles. The maximum Gasteiger partial charge on any atom is 0.237 e. The number of benzene rings is 2. The number of para-hydroxylation sites is 1. The highest BCUT2D eigenvalue weighted by Gasteiger charge is 2.20. The summed E-state index contributed by atoms with van der Waals surface area (Å²) in [5.41, 5.74) is 4.04. The Morgan fingerprint density at radius 3 is 2.46 bits per heavy atom. The number of thioether (sulfide) groups is 1. The third kappa shape index (κ3) is 4.45. The van der Waals surface area contributed by atoms with Gasteiger partial charge in [0.25, 0.3) is 0 Å². The second-order valence-corrected chi connectivity index (χ2v) is 7.88. The van der Waals surface area contributed by atoms with E-state index >= 15 is 0 Å². The molecular weight excluding hydrogens is 374 g/mol. The monoisotopic (exact) mass is 395 g/mol. The standard InChI is InChI=1S/C20H21N5O2S/c1-12-9-13(2)11-16(10-12)25-20(22-23-24-25)28-15(4)19(27)21-18-8-6-5-7-17(18)14(3)26/h5-11,15H,1-4H3,(H,21,27)/t15-/m1/s1. The minimum absolute atomic E-state index is 0.102. The van der Waals surface area contributed by atoms with Crippen LogP contribution in [0.15, 0.2) is 47.6 Å². The molecule has 1 aromatic heterocycles.